The summed E-state index contributed by atoms with van der Waals surface area (Å²) in [5, 5.41) is 9.06. The van der Waals surface area contributed by atoms with Gasteiger partial charge in [-0.1, -0.05) is 133 Å². The first-order valence-electron chi connectivity index (χ1n) is 42.5. The molecule has 7 aliphatic carbocycles. The van der Waals surface area contributed by atoms with Crippen molar-refractivity contribution >= 4 is 62.8 Å². The molecule has 3 aliphatic heterocycles. The monoisotopic (exact) mass is 1640 g/mol. The average molecular weight is 1640 g/mol. The third-order valence-electron chi connectivity index (χ3n) is 26.2. The van der Waals surface area contributed by atoms with Gasteiger partial charge >= 0.3 is 41.8 Å². The Morgan fingerprint density at radius 3 is 1.44 bits per heavy atom. The lowest BCUT2D eigenvalue weighted by Gasteiger charge is -2.60. The van der Waals surface area contributed by atoms with E-state index in [-0.39, 0.29) is 87.2 Å². The summed E-state index contributed by atoms with van der Waals surface area (Å²) in [5.41, 5.74) is -1.49. The summed E-state index contributed by atoms with van der Waals surface area (Å²) in [6, 6.07) is 46.6. The molecule has 3 heterocycles. The maximum atomic E-state index is 12.8. The van der Waals surface area contributed by atoms with E-state index in [0.29, 0.717) is 62.0 Å². The molecule has 116 heavy (non-hydrogen) atoms. The molecule has 6 saturated carbocycles. The standard InChI is InChI=1S/C19H30O7S.C18H15S.C17H30O2.C16H22O2.C13H18O5.C12H16O3/c1-4-17(2,3)15(20)26-19-10-13-7-14(11-19)9-18(8-13,12-19)16(21)25-5-6-27(22,23)24;1-4-10-16(11-5-1)19(17-12-6-2-7-13-17)18-14-8-3-9-15-18;1-4-16(2,3)15(18)19-17(12-8-9-13-17)14-10-6-5-7-11-14;1-5-15(2,3)14(17)18-16(4)10-12-8-6-7-9-13(12)11-16;1-4-13(2,3)12(15)18-9-7-5-6-8(16-7)10(9)17-11(6)14;1-4-12(2,3)11(14)15-10-7-5-9(13)6-8-10/h13-14H,4-12H2,1-3H3,(H,22,23,24);1-15H;14H,4-13H2,1-3H3;6-9H,5,10-11H2,1-4H3;6-10H,4-5H2,1-3H3;5-8,13H,4H2,1-3H3/q;+1;;;;/p-1. The lowest BCUT2D eigenvalue weighted by atomic mass is 9.48. The molecule has 19 nitrogen and oxygen atoms in total. The van der Waals surface area contributed by atoms with Crippen LogP contribution < -0.4 is 4.74 Å². The lowest BCUT2D eigenvalue weighted by Crippen LogP contribution is -2.60. The number of aromatic hydroxyl groups is 1. The summed E-state index contributed by atoms with van der Waals surface area (Å²) in [6.07, 6.45) is 20.4. The summed E-state index contributed by atoms with van der Waals surface area (Å²) >= 11 is 0. The molecule has 5 aromatic carbocycles. The van der Waals surface area contributed by atoms with Crippen molar-refractivity contribution < 1.29 is 89.5 Å². The van der Waals surface area contributed by atoms with Gasteiger partial charge < -0.3 is 47.6 Å². The van der Waals surface area contributed by atoms with E-state index >= 15 is 0 Å². The fourth-order valence-corrected chi connectivity index (χ4v) is 19.6. The zero-order valence-electron chi connectivity index (χ0n) is 71.7. The van der Waals surface area contributed by atoms with Gasteiger partial charge in [0, 0.05) is 19.3 Å². The second-order valence-corrected chi connectivity index (χ2v) is 40.8. The molecule has 6 bridgehead atoms. The van der Waals surface area contributed by atoms with E-state index in [4.69, 9.17) is 43.0 Å². The Labute approximate surface area is 693 Å². The molecule has 7 atom stereocenters. The molecule has 0 aromatic heterocycles. The molecule has 1 N–H and O–H groups in total. The Morgan fingerprint density at radius 1 is 0.534 bits per heavy atom. The van der Waals surface area contributed by atoms with Gasteiger partial charge in [0.15, 0.2) is 26.9 Å². The van der Waals surface area contributed by atoms with Crippen LogP contribution in [0.25, 0.3) is 0 Å². The van der Waals surface area contributed by atoms with E-state index in [1.165, 1.54) is 82.9 Å². The summed E-state index contributed by atoms with van der Waals surface area (Å²) in [7, 11) is -4.43. The van der Waals surface area contributed by atoms with Crippen molar-refractivity contribution in [2.24, 2.45) is 56.2 Å². The number of benzene rings is 5. The van der Waals surface area contributed by atoms with Crippen LogP contribution in [-0.4, -0.2) is 113 Å². The largest absolute Gasteiger partial charge is 0.748 e. The first-order chi connectivity index (χ1) is 54.6. The molecule has 21 heteroatoms. The predicted octanol–water partition coefficient (Wildman–Crippen LogP) is 19.3. The summed E-state index contributed by atoms with van der Waals surface area (Å²) < 4.78 is 77.1. The summed E-state index contributed by atoms with van der Waals surface area (Å²) in [6.45, 7) is 30.6. The maximum absolute atomic E-state index is 12.8. The van der Waals surface area contributed by atoms with Gasteiger partial charge in [0.05, 0.1) is 71.3 Å². The van der Waals surface area contributed by atoms with E-state index < -0.39 is 73.3 Å². The van der Waals surface area contributed by atoms with Crippen LogP contribution in [-0.2, 0) is 101 Å². The second kappa shape index (κ2) is 38.6. The summed E-state index contributed by atoms with van der Waals surface area (Å²) in [5.74, 6) is -0.447. The van der Waals surface area contributed by atoms with Gasteiger partial charge in [-0.3, -0.25) is 33.6 Å². The highest BCUT2D eigenvalue weighted by molar-refractivity contribution is 7.97. The predicted molar refractivity (Wildman–Crippen MR) is 446 cm³/mol. The number of phenolic OH excluding ortho intramolecular Hbond substituents is 1. The number of hydrogen-bond donors (Lipinski definition) is 1. The van der Waals surface area contributed by atoms with Crippen molar-refractivity contribution in [3.63, 3.8) is 0 Å². The topological polar surface area (TPSA) is 271 Å². The van der Waals surface area contributed by atoms with Crippen LogP contribution in [0.5, 0.6) is 11.5 Å². The maximum Gasteiger partial charge on any atom is 0.316 e. The number of hydrogen-bond acceptors (Lipinski definition) is 19. The molecule has 5 aromatic rings. The molecular weight excluding hydrogens is 1510 g/mol. The van der Waals surface area contributed by atoms with Gasteiger partial charge in [0.25, 0.3) is 0 Å². The molecule has 0 radical (unpaired) electrons. The van der Waals surface area contributed by atoms with Crippen LogP contribution in [0.4, 0.5) is 0 Å². The van der Waals surface area contributed by atoms with Crippen molar-refractivity contribution in [3.05, 3.63) is 151 Å². The second-order valence-electron chi connectivity index (χ2n) is 37.2. The number of carbonyl (C=O) groups is 7. The molecule has 9 fully saturated rings. The Bertz CT molecular complexity index is 4100. The van der Waals surface area contributed by atoms with E-state index in [0.717, 1.165) is 64.2 Å². The van der Waals surface area contributed by atoms with Crippen LogP contribution >= 0.6 is 0 Å². The molecule has 0 amide bonds. The average Bonchev–Trinajstić information content (AvgIpc) is 0.958. The van der Waals surface area contributed by atoms with Gasteiger partial charge in [-0.2, -0.15) is 0 Å². The summed E-state index contributed by atoms with van der Waals surface area (Å²) in [4.78, 5) is 89.5. The molecule has 636 valence electrons. The Morgan fingerprint density at radius 2 is 0.974 bits per heavy atom. The van der Waals surface area contributed by atoms with Crippen molar-refractivity contribution in [1.29, 1.82) is 0 Å². The third kappa shape index (κ3) is 23.3. The van der Waals surface area contributed by atoms with Crippen LogP contribution in [0.15, 0.2) is 154 Å². The number of carbonyl (C=O) groups excluding carboxylic acids is 7. The fraction of sp³-hybridized carbons (Fsp3) is 0.611. The minimum Gasteiger partial charge on any atom is -0.748 e. The van der Waals surface area contributed by atoms with E-state index in [1.807, 2.05) is 116 Å². The molecule has 7 unspecified atom stereocenters. The highest BCUT2D eigenvalue weighted by atomic mass is 32.2. The van der Waals surface area contributed by atoms with Crippen LogP contribution in [0, 0.1) is 56.2 Å². The van der Waals surface area contributed by atoms with E-state index in [2.05, 4.69) is 110 Å². The molecule has 15 rings (SSSR count). The van der Waals surface area contributed by atoms with Gasteiger partial charge in [-0.15, -0.1) is 0 Å². The number of phenols is 1. The molecule has 0 spiro atoms. The van der Waals surface area contributed by atoms with E-state index in [9.17, 15) is 46.5 Å². The van der Waals surface area contributed by atoms with Crippen LogP contribution in [0.2, 0.25) is 0 Å². The SMILES string of the molecule is CCC(C)(C)C(=O)OC1(C)Cc2ccccc2C1.CCC(C)(C)C(=O)OC1(C2CCCCC2)CCCC1.CCC(C)(C)C(=O)OC12CC3CC(C1)CC(C(=O)OCCS(=O)(=O)[O-])(C3)C2.CCC(C)(C)C(=O)OC1C2CC3C(=O)OC1C3O2.CCC(C)(C)C(=O)Oc1ccc(O)cc1.c1ccc([S+](c2ccccc2)c2ccccc2)cc1. The smallest absolute Gasteiger partial charge is 0.316 e. The number of esters is 7. The third-order valence-corrected chi connectivity index (χ3v) is 29.1. The Balaban J connectivity index is 0.000000161. The molecular formula is C95H130O19S2. The minimum atomic E-state index is -4.42. The van der Waals surface area contributed by atoms with Crippen molar-refractivity contribution in [3.8, 4) is 11.5 Å². The van der Waals surface area contributed by atoms with Crippen molar-refractivity contribution in [1.82, 2.24) is 0 Å². The van der Waals surface area contributed by atoms with Gasteiger partial charge in [-0.25, -0.2) is 8.42 Å². The molecule has 3 saturated heterocycles. The number of fused-ring (bicyclic) bond motifs is 2. The quantitative estimate of drug-likeness (QED) is 0.0209. The normalized spacial score (nSPS) is 24.4. The number of ether oxygens (including phenoxy) is 8. The van der Waals surface area contributed by atoms with Crippen molar-refractivity contribution in [2.45, 2.75) is 314 Å². The van der Waals surface area contributed by atoms with E-state index in [1.54, 1.807) is 12.1 Å². The Hall–Kier alpha value is -7.59. The van der Waals surface area contributed by atoms with Gasteiger partial charge in [0.2, 0.25) is 0 Å². The molecule has 10 aliphatic rings. The van der Waals surface area contributed by atoms with Crippen LogP contribution in [0.1, 0.15) is 257 Å². The first kappa shape index (κ1) is 92.3. The van der Waals surface area contributed by atoms with Gasteiger partial charge in [-0.05, 0) is 275 Å². The van der Waals surface area contributed by atoms with Crippen molar-refractivity contribution in [2.75, 3.05) is 12.4 Å². The Kier molecular flexibility index (Phi) is 30.7. The highest BCUT2D eigenvalue weighted by Gasteiger charge is 2.66. The lowest BCUT2D eigenvalue weighted by molar-refractivity contribution is -0.217. The zero-order chi connectivity index (χ0) is 84.9. The highest BCUT2D eigenvalue weighted by Crippen LogP contribution is 2.64. The fourth-order valence-electron chi connectivity index (χ4n) is 17.2. The minimum absolute atomic E-state index is 0.0146. The number of rotatable bonds is 23. The van der Waals surface area contributed by atoms with Gasteiger partial charge in [0.1, 0.15) is 41.0 Å². The zero-order valence-corrected chi connectivity index (χ0v) is 73.3. The van der Waals surface area contributed by atoms with Crippen LogP contribution in [0.3, 0.4) is 0 Å². The first-order valence-corrected chi connectivity index (χ1v) is 45.3.